The topological polar surface area (TPSA) is 114 Å². The summed E-state index contributed by atoms with van der Waals surface area (Å²) in [6.45, 7) is 4.82. The van der Waals surface area contributed by atoms with E-state index >= 15 is 0 Å². The van der Waals surface area contributed by atoms with Crippen LogP contribution in [0.5, 0.6) is 5.75 Å². The number of hydrogen-bond donors (Lipinski definition) is 2. The van der Waals surface area contributed by atoms with Crippen LogP contribution < -0.4 is 15.8 Å². The molecule has 3 aromatic rings. The van der Waals surface area contributed by atoms with E-state index in [1.807, 2.05) is 69.2 Å². The highest BCUT2D eigenvalue weighted by Crippen LogP contribution is 2.50. The molecule has 3 aromatic carbocycles. The van der Waals surface area contributed by atoms with Crippen molar-refractivity contribution in [2.75, 3.05) is 14.1 Å². The molecule has 2 unspecified atom stereocenters. The predicted octanol–water partition coefficient (Wildman–Crippen LogP) is 3.21. The van der Waals surface area contributed by atoms with Crippen molar-refractivity contribution in [2.24, 2.45) is 10.7 Å². The van der Waals surface area contributed by atoms with Crippen LogP contribution in [0.3, 0.4) is 0 Å². The van der Waals surface area contributed by atoms with Gasteiger partial charge in [0.05, 0.1) is 0 Å². The Morgan fingerprint density at radius 1 is 1.03 bits per heavy atom. The summed E-state index contributed by atoms with van der Waals surface area (Å²) < 4.78 is 6.38. The van der Waals surface area contributed by atoms with E-state index in [0.29, 0.717) is 12.2 Å². The number of ether oxygens (including phenoxy) is 1. The summed E-state index contributed by atoms with van der Waals surface area (Å²) in [6.07, 6.45) is 0.112. The minimum Gasteiger partial charge on any atom is -0.485 e. The van der Waals surface area contributed by atoms with Crippen molar-refractivity contribution in [3.05, 3.63) is 89.5 Å². The van der Waals surface area contributed by atoms with E-state index in [4.69, 9.17) is 25.1 Å². The second-order valence-electron chi connectivity index (χ2n) is 8.35. The monoisotopic (exact) mass is 486 g/mol. The maximum absolute atomic E-state index is 13.5. The Labute approximate surface area is 210 Å². The molecule has 1 amide bonds. The van der Waals surface area contributed by atoms with Gasteiger partial charge in [-0.25, -0.2) is 4.99 Å². The van der Waals surface area contributed by atoms with E-state index in [9.17, 15) is 4.79 Å². The molecule has 36 heavy (non-hydrogen) atoms. The highest BCUT2D eigenvalue weighted by atomic mass is 16.5. The number of likely N-dealkylation sites (N-methyl/N-ethyl adjacent to an activating group) is 1. The lowest BCUT2D eigenvalue weighted by Crippen LogP contribution is -2.43. The molecule has 3 N–H and O–H groups in total. The zero-order valence-corrected chi connectivity index (χ0v) is 20.4. The van der Waals surface area contributed by atoms with Crippen LogP contribution in [0.25, 0.3) is 11.1 Å². The van der Waals surface area contributed by atoms with Crippen LogP contribution >= 0.6 is 0 Å². The van der Waals surface area contributed by atoms with Crippen LogP contribution in [0.4, 0.5) is 0 Å². The number of carbonyl (C=O) groups excluding carboxylic acids is 3. The summed E-state index contributed by atoms with van der Waals surface area (Å²) in [4.78, 5) is 35.6. The standard InChI is InChI=1S/C26H26N4O2.2CH2O/c1-28-16-17-8-10-18(11-9-17)20-12-13-22-21(14-20)26(24(31)30(2)25(27)29-26)15-23(32-22)19-6-4-3-5-7-19;2*1-2/h3-14,23,28H,15-16H2,1-2H3,(H2,27,29);2*1H2. The Kier molecular flexibility index (Phi) is 8.34. The molecule has 8 nitrogen and oxygen atoms in total. The summed E-state index contributed by atoms with van der Waals surface area (Å²) >= 11 is 0. The molecule has 0 aliphatic carbocycles. The van der Waals surface area contributed by atoms with Gasteiger partial charge in [0.25, 0.3) is 5.91 Å². The quantitative estimate of drug-likeness (QED) is 0.585. The molecule has 186 valence electrons. The zero-order valence-electron chi connectivity index (χ0n) is 20.4. The molecule has 0 saturated carbocycles. The first-order valence-corrected chi connectivity index (χ1v) is 11.3. The largest absolute Gasteiger partial charge is 0.485 e. The molecule has 0 radical (unpaired) electrons. The minimum absolute atomic E-state index is 0.123. The minimum atomic E-state index is -1.09. The summed E-state index contributed by atoms with van der Waals surface area (Å²) in [7, 11) is 3.61. The fourth-order valence-electron chi connectivity index (χ4n) is 4.59. The van der Waals surface area contributed by atoms with E-state index in [2.05, 4.69) is 29.6 Å². The van der Waals surface area contributed by atoms with Crippen LogP contribution in [-0.4, -0.2) is 44.4 Å². The van der Waals surface area contributed by atoms with Crippen molar-refractivity contribution in [2.45, 2.75) is 24.6 Å². The molecule has 1 spiro atoms. The van der Waals surface area contributed by atoms with Crippen molar-refractivity contribution in [1.82, 2.24) is 10.2 Å². The maximum atomic E-state index is 13.5. The molecule has 2 aliphatic heterocycles. The number of hydrogen-bond acceptors (Lipinski definition) is 7. The molecule has 2 atom stereocenters. The van der Waals surface area contributed by atoms with Crippen molar-refractivity contribution >= 4 is 25.4 Å². The molecule has 5 rings (SSSR count). The molecule has 0 bridgehead atoms. The van der Waals surface area contributed by atoms with Gasteiger partial charge in [-0.3, -0.25) is 9.69 Å². The van der Waals surface area contributed by atoms with Crippen LogP contribution in [0.2, 0.25) is 0 Å². The molecule has 0 aromatic heterocycles. The van der Waals surface area contributed by atoms with Gasteiger partial charge < -0.3 is 25.4 Å². The molecule has 2 heterocycles. The first-order valence-electron chi connectivity index (χ1n) is 11.3. The number of nitrogens with zero attached hydrogens (tertiary/aromatic N) is 2. The number of fused-ring (bicyclic) bond motifs is 2. The van der Waals surface area contributed by atoms with Gasteiger partial charge in [0.2, 0.25) is 0 Å². The Morgan fingerprint density at radius 3 is 2.25 bits per heavy atom. The van der Waals surface area contributed by atoms with Gasteiger partial charge in [-0.1, -0.05) is 60.7 Å². The van der Waals surface area contributed by atoms with Crippen molar-refractivity contribution in [3.63, 3.8) is 0 Å². The lowest BCUT2D eigenvalue weighted by atomic mass is 9.79. The van der Waals surface area contributed by atoms with E-state index in [1.165, 1.54) is 10.5 Å². The number of benzene rings is 3. The number of aliphatic imine (C=N–C) groups is 1. The zero-order chi connectivity index (χ0) is 26.3. The second-order valence-corrected chi connectivity index (χ2v) is 8.35. The fraction of sp³-hybridized carbons (Fsp3) is 0.214. The van der Waals surface area contributed by atoms with Crippen LogP contribution in [0, 0.1) is 0 Å². The third-order valence-electron chi connectivity index (χ3n) is 6.32. The molecule has 8 heteroatoms. The molecule has 2 aliphatic rings. The SMILES string of the molecule is C=O.C=O.CNCc1ccc(-c2ccc3c(c2)C2(CC(c4ccccc4)O3)N=C(N)N(C)C2=O)cc1. The van der Waals surface area contributed by atoms with Crippen molar-refractivity contribution in [1.29, 1.82) is 0 Å². The summed E-state index contributed by atoms with van der Waals surface area (Å²) in [5, 5.41) is 3.16. The summed E-state index contributed by atoms with van der Waals surface area (Å²) in [5.41, 5.74) is 10.1. The highest BCUT2D eigenvalue weighted by Gasteiger charge is 2.53. The van der Waals surface area contributed by atoms with Crippen LogP contribution in [0.15, 0.2) is 77.8 Å². The molecular formula is C28H30N4O4. The van der Waals surface area contributed by atoms with Crippen LogP contribution in [-0.2, 0) is 26.5 Å². The van der Waals surface area contributed by atoms with E-state index in [1.54, 1.807) is 7.05 Å². The average molecular weight is 487 g/mol. The third-order valence-corrected chi connectivity index (χ3v) is 6.32. The van der Waals surface area contributed by atoms with Gasteiger partial charge in [0.1, 0.15) is 25.4 Å². The van der Waals surface area contributed by atoms with Gasteiger partial charge in [0.15, 0.2) is 11.5 Å². The van der Waals surface area contributed by atoms with Gasteiger partial charge in [-0.15, -0.1) is 0 Å². The number of nitrogens with one attached hydrogen (secondary N) is 1. The molecular weight excluding hydrogens is 456 g/mol. The second kappa shape index (κ2) is 11.4. The van der Waals surface area contributed by atoms with Gasteiger partial charge in [-0.2, -0.15) is 0 Å². The summed E-state index contributed by atoms with van der Waals surface area (Å²) in [6, 6.07) is 24.3. The Bertz CT molecular complexity index is 1230. The lowest BCUT2D eigenvalue weighted by molar-refractivity contribution is -0.132. The van der Waals surface area contributed by atoms with Gasteiger partial charge in [-0.05, 0) is 41.4 Å². The Hall–Kier alpha value is -4.30. The first kappa shape index (κ1) is 26.3. The highest BCUT2D eigenvalue weighted by molar-refractivity contribution is 6.07. The lowest BCUT2D eigenvalue weighted by Gasteiger charge is -2.37. The predicted molar refractivity (Wildman–Crippen MR) is 139 cm³/mol. The number of rotatable bonds is 4. The Balaban J connectivity index is 0.000000861. The smallest absolute Gasteiger partial charge is 0.261 e. The third kappa shape index (κ3) is 4.76. The number of nitrogens with two attached hydrogens (primary N) is 1. The maximum Gasteiger partial charge on any atom is 0.261 e. The number of amides is 1. The summed E-state index contributed by atoms with van der Waals surface area (Å²) in [5.74, 6) is 0.777. The molecule has 0 fully saturated rings. The normalized spacial score (nSPS) is 19.7. The fourth-order valence-corrected chi connectivity index (χ4v) is 4.59. The Morgan fingerprint density at radius 2 is 1.67 bits per heavy atom. The average Bonchev–Trinajstić information content (AvgIpc) is 3.15. The van der Waals surface area contributed by atoms with E-state index in [0.717, 1.165) is 28.8 Å². The number of guanidine groups is 1. The molecule has 0 saturated heterocycles. The number of carbonyl (C=O) groups is 3. The van der Waals surface area contributed by atoms with Gasteiger partial charge in [0, 0.05) is 25.6 Å². The van der Waals surface area contributed by atoms with Crippen LogP contribution in [0.1, 0.15) is 29.2 Å². The van der Waals surface area contributed by atoms with E-state index < -0.39 is 5.54 Å². The van der Waals surface area contributed by atoms with Gasteiger partial charge >= 0.3 is 0 Å². The van der Waals surface area contributed by atoms with E-state index in [-0.39, 0.29) is 18.0 Å². The van der Waals surface area contributed by atoms with Crippen molar-refractivity contribution in [3.8, 4) is 16.9 Å². The first-order chi connectivity index (χ1) is 17.5. The van der Waals surface area contributed by atoms with Crippen molar-refractivity contribution < 1.29 is 19.1 Å².